The number of hydrogen-bond donors (Lipinski definition) is 3. The number of primary amides is 1. The molecule has 2 amide bonds. The maximum absolute atomic E-state index is 9.59. The molecule has 6 N–H and O–H groups in total. The Hall–Kier alpha value is -0.310. The molecular weight excluding hydrogens is 172 g/mol. The summed E-state index contributed by atoms with van der Waals surface area (Å²) >= 11 is 0. The summed E-state index contributed by atoms with van der Waals surface area (Å²) in [7, 11) is 0. The van der Waals surface area contributed by atoms with E-state index in [0.717, 1.165) is 0 Å². The Bertz CT molecular complexity index is 102. The molecule has 0 heterocycles. The molecule has 0 fully saturated rings. The van der Waals surface area contributed by atoms with Gasteiger partial charge in [0.2, 0.25) is 0 Å². The molecule has 8 nitrogen and oxygen atoms in total. The number of nitrogens with one attached hydrogen (secondary N) is 1. The Morgan fingerprint density at radius 1 is 1.70 bits per heavy atom. The number of nitrogens with zero attached hydrogens (tertiary/aromatic N) is 1. The van der Waals surface area contributed by atoms with E-state index < -0.39 is 11.1 Å². The summed E-state index contributed by atoms with van der Waals surface area (Å²) in [6, 6.07) is -1.11. The summed E-state index contributed by atoms with van der Waals surface area (Å²) in [4.78, 5) is 22.1. The third kappa shape index (κ3) is 15.6. The first-order valence-electron chi connectivity index (χ1n) is 1.49. The molecule has 0 aliphatic carbocycles. The van der Waals surface area contributed by atoms with Crippen molar-refractivity contribution >= 4 is 43.8 Å². The molecule has 0 rings (SSSR count). The minimum absolute atomic E-state index is 0. The molecule has 0 atom stereocenters. The molecule has 58 valence electrons. The van der Waals surface area contributed by atoms with Crippen LogP contribution >= 0.6 is 0 Å². The number of hydrogen-bond acceptors (Lipinski definition) is 5. The summed E-state index contributed by atoms with van der Waals surface area (Å²) in [5, 5.41) is 8.03. The van der Waals surface area contributed by atoms with Gasteiger partial charge in [-0.1, -0.05) is 0 Å². The number of carbonyl (C=O) groups is 1. The molecule has 0 spiro atoms. The first-order chi connectivity index (χ1) is 3.63. The van der Waals surface area contributed by atoms with E-state index in [1.165, 1.54) is 5.48 Å². The average Bonchev–Trinajstić information content (AvgIpc) is 1.61. The summed E-state index contributed by atoms with van der Waals surface area (Å²) in [6.07, 6.45) is 0. The molecule has 0 aliphatic heterocycles. The first-order valence-corrected chi connectivity index (χ1v) is 1.49. The van der Waals surface area contributed by atoms with Crippen LogP contribution in [-0.4, -0.2) is 48.9 Å². The SMILES string of the molecule is N.NC(=O)NO[N+](=O)[O-].[CaH2]. The van der Waals surface area contributed by atoms with Crippen LogP contribution < -0.4 is 17.4 Å². The fourth-order valence-corrected chi connectivity index (χ4v) is 0.0823. The Morgan fingerprint density at radius 2 is 2.10 bits per heavy atom. The van der Waals surface area contributed by atoms with Crippen molar-refractivity contribution in [1.29, 1.82) is 0 Å². The van der Waals surface area contributed by atoms with Gasteiger partial charge in [-0.3, -0.25) is 0 Å². The van der Waals surface area contributed by atoms with Gasteiger partial charge in [0.05, 0.1) is 0 Å². The van der Waals surface area contributed by atoms with Crippen LogP contribution in [0.15, 0.2) is 0 Å². The summed E-state index contributed by atoms with van der Waals surface area (Å²) in [6.45, 7) is 0. The second-order valence-corrected chi connectivity index (χ2v) is 0.781. The first kappa shape index (κ1) is 16.3. The van der Waals surface area contributed by atoms with Crippen molar-refractivity contribution in [3.05, 3.63) is 10.1 Å². The van der Waals surface area contributed by atoms with E-state index in [-0.39, 0.29) is 43.9 Å². The van der Waals surface area contributed by atoms with E-state index >= 15 is 0 Å². The van der Waals surface area contributed by atoms with Gasteiger partial charge in [0.25, 0.3) is 0 Å². The van der Waals surface area contributed by atoms with Crippen LogP contribution in [0.25, 0.3) is 0 Å². The molecule has 0 radical (unpaired) electrons. The van der Waals surface area contributed by atoms with E-state index in [2.05, 4.69) is 10.7 Å². The summed E-state index contributed by atoms with van der Waals surface area (Å²) < 4.78 is 0. The maximum atomic E-state index is 9.59. The van der Waals surface area contributed by atoms with Gasteiger partial charge in [-0.05, 0) is 0 Å². The van der Waals surface area contributed by atoms with Crippen molar-refractivity contribution in [2.24, 2.45) is 5.73 Å². The number of carbonyl (C=O) groups excluding carboxylic acids is 1. The minimum atomic E-state index is -1.19. The molecular formula is CH8CaN4O4. The van der Waals surface area contributed by atoms with Gasteiger partial charge in [0.1, 0.15) is 0 Å². The predicted octanol–water partition coefficient (Wildman–Crippen LogP) is -1.98. The van der Waals surface area contributed by atoms with Crippen molar-refractivity contribution in [2.45, 2.75) is 0 Å². The predicted molar refractivity (Wildman–Crippen MR) is 34.4 cm³/mol. The third-order valence-corrected chi connectivity index (χ3v) is 0.221. The number of amides is 2. The number of urea groups is 1. The third-order valence-electron chi connectivity index (χ3n) is 0.221. The molecule has 0 aromatic carbocycles. The Labute approximate surface area is 85.7 Å². The van der Waals surface area contributed by atoms with Crippen LogP contribution in [0.3, 0.4) is 0 Å². The summed E-state index contributed by atoms with van der Waals surface area (Å²) in [5.41, 5.74) is 5.65. The van der Waals surface area contributed by atoms with E-state index in [1.807, 2.05) is 0 Å². The van der Waals surface area contributed by atoms with Crippen LogP contribution in [0.4, 0.5) is 4.79 Å². The molecule has 0 aromatic heterocycles. The molecule has 0 saturated heterocycles. The van der Waals surface area contributed by atoms with Gasteiger partial charge in [0, 0.05) is 0 Å². The zero-order valence-corrected chi connectivity index (χ0v) is 4.36. The van der Waals surface area contributed by atoms with E-state index in [0.29, 0.717) is 0 Å². The molecule has 10 heavy (non-hydrogen) atoms. The molecule has 0 aromatic rings. The van der Waals surface area contributed by atoms with Crippen molar-refractivity contribution in [1.82, 2.24) is 11.6 Å². The van der Waals surface area contributed by atoms with Crippen molar-refractivity contribution in [3.8, 4) is 0 Å². The second-order valence-electron chi connectivity index (χ2n) is 0.781. The van der Waals surface area contributed by atoms with Crippen molar-refractivity contribution in [3.63, 3.8) is 0 Å². The van der Waals surface area contributed by atoms with E-state index in [1.54, 1.807) is 0 Å². The van der Waals surface area contributed by atoms with Gasteiger partial charge in [0.15, 0.2) is 0 Å². The monoisotopic (exact) mass is 180 g/mol. The van der Waals surface area contributed by atoms with Crippen molar-refractivity contribution in [2.75, 3.05) is 0 Å². The van der Waals surface area contributed by atoms with Crippen LogP contribution in [0.5, 0.6) is 0 Å². The van der Waals surface area contributed by atoms with Gasteiger partial charge >= 0.3 is 48.9 Å². The fourth-order valence-electron chi connectivity index (χ4n) is 0.0823. The molecule has 0 saturated carbocycles. The molecule has 0 unspecified atom stereocenters. The quantitative estimate of drug-likeness (QED) is 0.256. The van der Waals surface area contributed by atoms with Gasteiger partial charge in [-0.15, -0.1) is 10.1 Å². The van der Waals surface area contributed by atoms with E-state index in [4.69, 9.17) is 0 Å². The van der Waals surface area contributed by atoms with Crippen LogP contribution in [0, 0.1) is 10.1 Å². The van der Waals surface area contributed by atoms with Gasteiger partial charge < -0.3 is 11.9 Å². The zero-order chi connectivity index (χ0) is 6.57. The molecule has 9 heteroatoms. The standard InChI is InChI=1S/CH3N3O4.Ca.H3N.2H/c2-1(5)3-8-4(6)7;;;;/h(H3,2,3,5);;1H3;;. The Kier molecular flexibility index (Phi) is 14.2. The van der Waals surface area contributed by atoms with Crippen LogP contribution in [0.2, 0.25) is 0 Å². The topological polar surface area (TPSA) is 142 Å². The Balaban J connectivity index is -0.000000245. The Morgan fingerprint density at radius 3 is 2.20 bits per heavy atom. The fraction of sp³-hybridized carbons (Fsp3) is 0. The average molecular weight is 180 g/mol. The van der Waals surface area contributed by atoms with Crippen LogP contribution in [0.1, 0.15) is 0 Å². The molecule has 0 aliphatic rings. The van der Waals surface area contributed by atoms with E-state index in [9.17, 15) is 14.9 Å². The molecule has 0 bridgehead atoms. The number of hydroxylamine groups is 1. The van der Waals surface area contributed by atoms with Gasteiger partial charge in [-0.2, -0.15) is 10.4 Å². The summed E-state index contributed by atoms with van der Waals surface area (Å²) in [5.74, 6) is 0. The zero-order valence-electron chi connectivity index (χ0n) is 4.36. The second kappa shape index (κ2) is 8.69. The number of rotatable bonds is 2. The normalized spacial score (nSPS) is 6.00. The van der Waals surface area contributed by atoms with Crippen molar-refractivity contribution < 1.29 is 14.8 Å². The van der Waals surface area contributed by atoms with Crippen LogP contribution in [-0.2, 0) is 4.94 Å². The van der Waals surface area contributed by atoms with Gasteiger partial charge in [-0.25, -0.2) is 4.79 Å². The number of nitrogens with two attached hydrogens (primary N) is 1.